The molecule has 7 heteroatoms. The van der Waals surface area contributed by atoms with E-state index >= 15 is 0 Å². The fourth-order valence-corrected chi connectivity index (χ4v) is 5.21. The van der Waals surface area contributed by atoms with Gasteiger partial charge in [0.1, 0.15) is 0 Å². The molecule has 1 amide bonds. The van der Waals surface area contributed by atoms with Crippen LogP contribution in [0.3, 0.4) is 0 Å². The highest BCUT2D eigenvalue weighted by atomic mass is 32.2. The Bertz CT molecular complexity index is 923. The van der Waals surface area contributed by atoms with Gasteiger partial charge in [0, 0.05) is 24.5 Å². The smallest absolute Gasteiger partial charge is 0.243 e. The first-order chi connectivity index (χ1) is 13.3. The molecule has 0 spiro atoms. The van der Waals surface area contributed by atoms with Gasteiger partial charge in [0.05, 0.1) is 10.6 Å². The quantitative estimate of drug-likeness (QED) is 0.660. The number of amides is 1. The largest absolute Gasteiger partial charge is 0.325 e. The molecule has 0 atom stereocenters. The summed E-state index contributed by atoms with van der Waals surface area (Å²) in [6.07, 6.45) is 0. The molecule has 0 aliphatic rings. The van der Waals surface area contributed by atoms with Crippen LogP contribution in [0.5, 0.6) is 0 Å². The zero-order chi connectivity index (χ0) is 20.7. The van der Waals surface area contributed by atoms with Crippen LogP contribution in [0.4, 0.5) is 5.69 Å². The van der Waals surface area contributed by atoms with Crippen LogP contribution in [0.2, 0.25) is 0 Å². The van der Waals surface area contributed by atoms with E-state index in [4.69, 9.17) is 0 Å². The second kappa shape index (κ2) is 10.1. The van der Waals surface area contributed by atoms with Crippen LogP contribution in [0.1, 0.15) is 30.5 Å². The van der Waals surface area contributed by atoms with E-state index in [-0.39, 0.29) is 10.8 Å². The maximum absolute atomic E-state index is 12.7. The SMILES string of the molecule is CCN(CC)S(=O)(=O)c1ccc(C)c(NC(=O)CSCc2ccccc2C)c1. The lowest BCUT2D eigenvalue weighted by Gasteiger charge is -2.19. The fraction of sp³-hybridized carbons (Fsp3) is 0.381. The van der Waals surface area contributed by atoms with E-state index in [1.807, 2.05) is 32.9 Å². The van der Waals surface area contributed by atoms with Crippen LogP contribution in [-0.4, -0.2) is 37.5 Å². The Hall–Kier alpha value is -1.83. The summed E-state index contributed by atoms with van der Waals surface area (Å²) in [7, 11) is -3.56. The summed E-state index contributed by atoms with van der Waals surface area (Å²) in [5.74, 6) is 0.926. The number of anilines is 1. The topological polar surface area (TPSA) is 66.5 Å². The Morgan fingerprint density at radius 3 is 2.36 bits per heavy atom. The number of aryl methyl sites for hydroxylation is 2. The average Bonchev–Trinajstić information content (AvgIpc) is 2.65. The van der Waals surface area contributed by atoms with E-state index < -0.39 is 10.0 Å². The molecule has 5 nitrogen and oxygen atoms in total. The summed E-state index contributed by atoms with van der Waals surface area (Å²) in [5, 5.41) is 2.86. The van der Waals surface area contributed by atoms with Gasteiger partial charge in [-0.25, -0.2) is 8.42 Å². The number of hydrogen-bond donors (Lipinski definition) is 1. The van der Waals surface area contributed by atoms with Gasteiger partial charge in [0.15, 0.2) is 0 Å². The minimum atomic E-state index is -3.56. The van der Waals surface area contributed by atoms with Crippen LogP contribution >= 0.6 is 11.8 Å². The highest BCUT2D eigenvalue weighted by molar-refractivity contribution is 7.99. The summed E-state index contributed by atoms with van der Waals surface area (Å²) in [6, 6.07) is 13.0. The summed E-state index contributed by atoms with van der Waals surface area (Å²) >= 11 is 1.54. The molecule has 0 aliphatic heterocycles. The Labute approximate surface area is 172 Å². The molecule has 0 unspecified atom stereocenters. The minimum Gasteiger partial charge on any atom is -0.325 e. The van der Waals surface area contributed by atoms with E-state index in [1.165, 1.54) is 27.2 Å². The molecule has 0 bridgehead atoms. The lowest BCUT2D eigenvalue weighted by molar-refractivity contribution is -0.113. The van der Waals surface area contributed by atoms with Crippen molar-refractivity contribution in [2.24, 2.45) is 0 Å². The highest BCUT2D eigenvalue weighted by Gasteiger charge is 2.22. The van der Waals surface area contributed by atoms with Crippen molar-refractivity contribution in [2.75, 3.05) is 24.2 Å². The van der Waals surface area contributed by atoms with Crippen molar-refractivity contribution in [1.82, 2.24) is 4.31 Å². The molecular formula is C21H28N2O3S2. The molecule has 1 N–H and O–H groups in total. The molecule has 0 aromatic heterocycles. The molecule has 0 heterocycles. The van der Waals surface area contributed by atoms with E-state index in [1.54, 1.807) is 18.2 Å². The molecule has 2 rings (SSSR count). The standard InChI is InChI=1S/C21H28N2O3S2/c1-5-23(6-2)28(25,26)19-12-11-17(4)20(13-19)22-21(24)15-27-14-18-10-8-7-9-16(18)3/h7-13H,5-6,14-15H2,1-4H3,(H,22,24). The second-order valence-corrected chi connectivity index (χ2v) is 9.46. The first-order valence-electron chi connectivity index (χ1n) is 9.32. The Kier molecular flexibility index (Phi) is 8.10. The third-order valence-corrected chi connectivity index (χ3v) is 7.61. The summed E-state index contributed by atoms with van der Waals surface area (Å²) in [4.78, 5) is 12.6. The van der Waals surface area contributed by atoms with Crippen molar-refractivity contribution < 1.29 is 13.2 Å². The van der Waals surface area contributed by atoms with Crippen molar-refractivity contribution in [3.8, 4) is 0 Å². The van der Waals surface area contributed by atoms with Crippen molar-refractivity contribution in [3.05, 3.63) is 59.2 Å². The van der Waals surface area contributed by atoms with Gasteiger partial charge in [-0.1, -0.05) is 44.2 Å². The average molecular weight is 421 g/mol. The van der Waals surface area contributed by atoms with E-state index in [0.717, 1.165) is 11.3 Å². The van der Waals surface area contributed by atoms with Crippen molar-refractivity contribution in [2.45, 2.75) is 38.3 Å². The maximum Gasteiger partial charge on any atom is 0.243 e. The van der Waals surface area contributed by atoms with Gasteiger partial charge in [0.25, 0.3) is 0 Å². The molecule has 2 aromatic carbocycles. The van der Waals surface area contributed by atoms with E-state index in [9.17, 15) is 13.2 Å². The number of nitrogens with one attached hydrogen (secondary N) is 1. The molecule has 152 valence electrons. The summed E-state index contributed by atoms with van der Waals surface area (Å²) in [6.45, 7) is 8.34. The zero-order valence-electron chi connectivity index (χ0n) is 16.9. The van der Waals surface area contributed by atoms with Gasteiger partial charge >= 0.3 is 0 Å². The summed E-state index contributed by atoms with van der Waals surface area (Å²) < 4.78 is 26.8. The van der Waals surface area contributed by atoms with Gasteiger partial charge in [-0.05, 0) is 42.7 Å². The molecule has 0 radical (unpaired) electrons. The zero-order valence-corrected chi connectivity index (χ0v) is 18.5. The van der Waals surface area contributed by atoms with E-state index in [2.05, 4.69) is 24.4 Å². The number of hydrogen-bond acceptors (Lipinski definition) is 4. The number of benzene rings is 2. The van der Waals surface area contributed by atoms with Crippen molar-refractivity contribution in [3.63, 3.8) is 0 Å². The minimum absolute atomic E-state index is 0.140. The van der Waals surface area contributed by atoms with Crippen LogP contribution in [0.25, 0.3) is 0 Å². The van der Waals surface area contributed by atoms with E-state index in [0.29, 0.717) is 24.5 Å². The summed E-state index contributed by atoms with van der Waals surface area (Å²) in [5.41, 5.74) is 3.79. The maximum atomic E-state index is 12.7. The van der Waals surface area contributed by atoms with Gasteiger partial charge < -0.3 is 5.32 Å². The number of nitrogens with zero attached hydrogens (tertiary/aromatic N) is 1. The molecule has 0 saturated heterocycles. The Balaban J connectivity index is 2.05. The Morgan fingerprint density at radius 2 is 1.71 bits per heavy atom. The predicted octanol–water partition coefficient (Wildman–Crippen LogP) is 4.21. The van der Waals surface area contributed by atoms with Crippen LogP contribution in [0, 0.1) is 13.8 Å². The third kappa shape index (κ3) is 5.59. The van der Waals surface area contributed by atoms with Crippen LogP contribution in [-0.2, 0) is 20.6 Å². The van der Waals surface area contributed by atoms with Crippen molar-refractivity contribution >= 4 is 33.4 Å². The van der Waals surface area contributed by atoms with Gasteiger partial charge in [0.2, 0.25) is 15.9 Å². The number of thioether (sulfide) groups is 1. The molecule has 0 saturated carbocycles. The predicted molar refractivity (Wildman–Crippen MR) is 117 cm³/mol. The third-order valence-electron chi connectivity index (χ3n) is 4.58. The van der Waals surface area contributed by atoms with Gasteiger partial charge in [-0.15, -0.1) is 11.8 Å². The molecule has 0 aliphatic carbocycles. The molecule has 2 aromatic rings. The van der Waals surface area contributed by atoms with Gasteiger partial charge in [-0.2, -0.15) is 4.31 Å². The van der Waals surface area contributed by atoms with Crippen LogP contribution in [0.15, 0.2) is 47.4 Å². The number of rotatable bonds is 9. The molecule has 0 fully saturated rings. The Morgan fingerprint density at radius 1 is 1.04 bits per heavy atom. The normalized spacial score (nSPS) is 11.6. The first-order valence-corrected chi connectivity index (χ1v) is 11.9. The van der Waals surface area contributed by atoms with Crippen LogP contribution < -0.4 is 5.32 Å². The monoisotopic (exact) mass is 420 g/mol. The molecular weight excluding hydrogens is 392 g/mol. The number of sulfonamides is 1. The van der Waals surface area contributed by atoms with Crippen molar-refractivity contribution in [1.29, 1.82) is 0 Å². The number of carbonyl (C=O) groups excluding carboxylic acids is 1. The second-order valence-electron chi connectivity index (χ2n) is 6.53. The van der Waals surface area contributed by atoms with Gasteiger partial charge in [-0.3, -0.25) is 4.79 Å². The lowest BCUT2D eigenvalue weighted by Crippen LogP contribution is -2.30. The lowest BCUT2D eigenvalue weighted by atomic mass is 10.1. The molecule has 28 heavy (non-hydrogen) atoms. The fourth-order valence-electron chi connectivity index (χ4n) is 2.82. The first kappa shape index (κ1) is 22.5. The highest BCUT2D eigenvalue weighted by Crippen LogP contribution is 2.23. The number of carbonyl (C=O) groups is 1.